The van der Waals surface area contributed by atoms with Crippen LogP contribution in [-0.4, -0.2) is 41.4 Å². The van der Waals surface area contributed by atoms with Crippen molar-refractivity contribution in [3.8, 4) is 0 Å². The molecule has 0 aliphatic carbocycles. The second-order valence-electron chi connectivity index (χ2n) is 6.59. The van der Waals surface area contributed by atoms with Gasteiger partial charge in [-0.2, -0.15) is 0 Å². The molecular formula is C19H32O8. The molecule has 3 atom stereocenters. The minimum Gasteiger partial charge on any atom is -0.481 e. The number of carboxylic acid groups (broad SMARTS) is 1. The maximum Gasteiger partial charge on any atom is 0.315 e. The topological polar surface area (TPSA) is 116 Å². The van der Waals surface area contributed by atoms with Gasteiger partial charge in [-0.3, -0.25) is 19.2 Å². The third-order valence-electron chi connectivity index (χ3n) is 3.99. The number of hydrogen-bond acceptors (Lipinski definition) is 7. The number of rotatable bonds is 14. The lowest BCUT2D eigenvalue weighted by Gasteiger charge is -2.24. The summed E-state index contributed by atoms with van der Waals surface area (Å²) in [5.74, 6) is -3.02. The van der Waals surface area contributed by atoms with Gasteiger partial charge in [-0.1, -0.05) is 32.1 Å². The van der Waals surface area contributed by atoms with Gasteiger partial charge in [0.2, 0.25) is 6.29 Å². The highest BCUT2D eigenvalue weighted by Gasteiger charge is 2.30. The van der Waals surface area contributed by atoms with Crippen LogP contribution in [0.5, 0.6) is 0 Å². The standard InChI is InChI=1S/C19H32O8/c1-13(25-14(2)20)17(19(24)27-16(4)26-15(3)21)11-9-7-5-6-8-10-12-18(22)23/h13,16-17H,5-12H2,1-4H3,(H,22,23). The highest BCUT2D eigenvalue weighted by molar-refractivity contribution is 5.74. The van der Waals surface area contributed by atoms with Crippen LogP contribution >= 0.6 is 0 Å². The van der Waals surface area contributed by atoms with Crippen molar-refractivity contribution in [3.63, 3.8) is 0 Å². The lowest BCUT2D eigenvalue weighted by atomic mass is 9.95. The van der Waals surface area contributed by atoms with Gasteiger partial charge in [-0.25, -0.2) is 0 Å². The highest BCUT2D eigenvalue weighted by atomic mass is 16.7. The molecule has 8 heteroatoms. The molecule has 1 N–H and O–H groups in total. The van der Waals surface area contributed by atoms with Crippen LogP contribution in [0.2, 0.25) is 0 Å². The van der Waals surface area contributed by atoms with E-state index in [9.17, 15) is 19.2 Å². The number of unbranched alkanes of at least 4 members (excludes halogenated alkanes) is 5. The lowest BCUT2D eigenvalue weighted by Crippen LogP contribution is -2.34. The van der Waals surface area contributed by atoms with Gasteiger partial charge in [0.05, 0.1) is 5.92 Å². The number of aliphatic carboxylic acids is 1. The summed E-state index contributed by atoms with van der Waals surface area (Å²) >= 11 is 0. The zero-order chi connectivity index (χ0) is 20.8. The van der Waals surface area contributed by atoms with Crippen molar-refractivity contribution < 1.29 is 38.5 Å². The average molecular weight is 388 g/mol. The van der Waals surface area contributed by atoms with Gasteiger partial charge in [0.1, 0.15) is 6.10 Å². The molecule has 0 heterocycles. The molecule has 156 valence electrons. The van der Waals surface area contributed by atoms with E-state index < -0.39 is 42.2 Å². The van der Waals surface area contributed by atoms with Crippen LogP contribution in [0.1, 0.15) is 79.1 Å². The van der Waals surface area contributed by atoms with Crippen molar-refractivity contribution in [2.24, 2.45) is 5.92 Å². The summed E-state index contributed by atoms with van der Waals surface area (Å²) in [7, 11) is 0. The Bertz CT molecular complexity index is 488. The molecular weight excluding hydrogens is 356 g/mol. The van der Waals surface area contributed by atoms with Crippen LogP contribution in [0.3, 0.4) is 0 Å². The molecule has 0 aromatic carbocycles. The van der Waals surface area contributed by atoms with Gasteiger partial charge >= 0.3 is 23.9 Å². The molecule has 8 nitrogen and oxygen atoms in total. The molecule has 0 saturated heterocycles. The fraction of sp³-hybridized carbons (Fsp3) is 0.789. The average Bonchev–Trinajstić information content (AvgIpc) is 2.51. The van der Waals surface area contributed by atoms with E-state index in [1.807, 2.05) is 0 Å². The van der Waals surface area contributed by atoms with Gasteiger partial charge < -0.3 is 19.3 Å². The fourth-order valence-electron chi connectivity index (χ4n) is 2.74. The molecule has 0 saturated carbocycles. The zero-order valence-electron chi connectivity index (χ0n) is 16.7. The smallest absolute Gasteiger partial charge is 0.315 e. The highest BCUT2D eigenvalue weighted by Crippen LogP contribution is 2.20. The van der Waals surface area contributed by atoms with Gasteiger partial charge in [0.25, 0.3) is 0 Å². The second kappa shape index (κ2) is 14.0. The van der Waals surface area contributed by atoms with E-state index >= 15 is 0 Å². The summed E-state index contributed by atoms with van der Waals surface area (Å²) in [5.41, 5.74) is 0. The summed E-state index contributed by atoms with van der Waals surface area (Å²) in [4.78, 5) is 44.9. The summed E-state index contributed by atoms with van der Waals surface area (Å²) < 4.78 is 15.1. The first kappa shape index (κ1) is 24.9. The van der Waals surface area contributed by atoms with E-state index in [-0.39, 0.29) is 6.42 Å². The molecule has 3 unspecified atom stereocenters. The minimum absolute atomic E-state index is 0.189. The maximum absolute atomic E-state index is 12.4. The monoisotopic (exact) mass is 388 g/mol. The van der Waals surface area contributed by atoms with Crippen LogP contribution in [0.15, 0.2) is 0 Å². The third-order valence-corrected chi connectivity index (χ3v) is 3.99. The molecule has 27 heavy (non-hydrogen) atoms. The summed E-state index contributed by atoms with van der Waals surface area (Å²) in [6.45, 7) is 5.58. The summed E-state index contributed by atoms with van der Waals surface area (Å²) in [5, 5.41) is 8.59. The lowest BCUT2D eigenvalue weighted by molar-refractivity contribution is -0.189. The first-order chi connectivity index (χ1) is 12.6. The minimum atomic E-state index is -1.00. The quantitative estimate of drug-likeness (QED) is 0.274. The molecule has 0 bridgehead atoms. The molecule has 0 rings (SSSR count). The van der Waals surface area contributed by atoms with Gasteiger partial charge in [0, 0.05) is 27.2 Å². The number of esters is 3. The summed E-state index contributed by atoms with van der Waals surface area (Å²) in [6, 6.07) is 0. The number of ether oxygens (including phenoxy) is 3. The van der Waals surface area contributed by atoms with Crippen molar-refractivity contribution in [1.29, 1.82) is 0 Å². The van der Waals surface area contributed by atoms with E-state index in [2.05, 4.69) is 0 Å². The number of carbonyl (C=O) groups excluding carboxylic acids is 3. The van der Waals surface area contributed by atoms with E-state index in [1.165, 1.54) is 20.8 Å². The summed E-state index contributed by atoms with van der Waals surface area (Å²) in [6.07, 6.45) is 4.05. The first-order valence-corrected chi connectivity index (χ1v) is 9.40. The molecule has 0 aromatic rings. The molecule has 0 spiro atoms. The third kappa shape index (κ3) is 13.7. The van der Waals surface area contributed by atoms with Crippen molar-refractivity contribution in [2.75, 3.05) is 0 Å². The molecule has 0 radical (unpaired) electrons. The van der Waals surface area contributed by atoms with Gasteiger partial charge in [0.15, 0.2) is 0 Å². The molecule has 0 aliphatic heterocycles. The SMILES string of the molecule is CC(=O)OC(C)OC(=O)C(CCCCCCCCC(=O)O)C(C)OC(C)=O. The first-order valence-electron chi connectivity index (χ1n) is 9.40. The fourth-order valence-corrected chi connectivity index (χ4v) is 2.74. The number of carboxylic acids is 1. The van der Waals surface area contributed by atoms with Crippen LogP contribution in [-0.2, 0) is 33.4 Å². The van der Waals surface area contributed by atoms with Crippen LogP contribution in [0.25, 0.3) is 0 Å². The number of hydrogen-bond donors (Lipinski definition) is 1. The van der Waals surface area contributed by atoms with Crippen molar-refractivity contribution in [1.82, 2.24) is 0 Å². The van der Waals surface area contributed by atoms with Crippen LogP contribution in [0, 0.1) is 5.92 Å². The second-order valence-corrected chi connectivity index (χ2v) is 6.59. The Balaban J connectivity index is 4.39. The van der Waals surface area contributed by atoms with Crippen molar-refractivity contribution in [3.05, 3.63) is 0 Å². The Kier molecular flexibility index (Phi) is 12.9. The Hall–Kier alpha value is -2.12. The molecule has 0 amide bonds. The van der Waals surface area contributed by atoms with Crippen LogP contribution < -0.4 is 0 Å². The van der Waals surface area contributed by atoms with E-state index in [0.717, 1.165) is 32.1 Å². The zero-order valence-corrected chi connectivity index (χ0v) is 16.7. The Morgan fingerprint density at radius 1 is 0.778 bits per heavy atom. The van der Waals surface area contributed by atoms with E-state index in [1.54, 1.807) is 6.92 Å². The Morgan fingerprint density at radius 2 is 1.30 bits per heavy atom. The van der Waals surface area contributed by atoms with Gasteiger partial charge in [-0.15, -0.1) is 0 Å². The van der Waals surface area contributed by atoms with E-state index in [0.29, 0.717) is 12.8 Å². The maximum atomic E-state index is 12.4. The van der Waals surface area contributed by atoms with Crippen LogP contribution in [0.4, 0.5) is 0 Å². The number of carbonyl (C=O) groups is 4. The Labute approximate surface area is 160 Å². The predicted molar refractivity (Wildman–Crippen MR) is 96.6 cm³/mol. The largest absolute Gasteiger partial charge is 0.481 e. The van der Waals surface area contributed by atoms with Gasteiger partial charge in [-0.05, 0) is 19.8 Å². The van der Waals surface area contributed by atoms with E-state index in [4.69, 9.17) is 19.3 Å². The van der Waals surface area contributed by atoms with Crippen molar-refractivity contribution >= 4 is 23.9 Å². The normalized spacial score (nSPS) is 13.9. The predicted octanol–water partition coefficient (Wildman–Crippen LogP) is 3.21. The molecule has 0 aliphatic rings. The molecule has 0 fully saturated rings. The van der Waals surface area contributed by atoms with Crippen molar-refractivity contribution in [2.45, 2.75) is 91.5 Å². The molecule has 0 aromatic heterocycles. The Morgan fingerprint density at radius 3 is 1.81 bits per heavy atom.